The Morgan fingerprint density at radius 1 is 1.70 bits per heavy atom. The predicted octanol–water partition coefficient (Wildman–Crippen LogP) is 1.28. The molecule has 0 aromatic rings. The quantitative estimate of drug-likeness (QED) is 0.646. The van der Waals surface area contributed by atoms with Gasteiger partial charge in [-0.3, -0.25) is 0 Å². The molecule has 0 bridgehead atoms. The Labute approximate surface area is 60.7 Å². The maximum absolute atomic E-state index is 10.7. The third-order valence-corrected chi connectivity index (χ3v) is 1.34. The lowest BCUT2D eigenvalue weighted by molar-refractivity contribution is 0.146. The summed E-state index contributed by atoms with van der Waals surface area (Å²) in [4.78, 5) is 10.7. The molecule has 0 aliphatic heterocycles. The molecule has 1 N–H and O–H groups in total. The van der Waals surface area contributed by atoms with Gasteiger partial charge in [-0.2, -0.15) is 0 Å². The Balaban J connectivity index is 1.97. The van der Waals surface area contributed by atoms with E-state index in [0.29, 0.717) is 12.6 Å². The summed E-state index contributed by atoms with van der Waals surface area (Å²) >= 11 is 0. The summed E-state index contributed by atoms with van der Waals surface area (Å²) in [5.74, 6) is 0. The predicted molar refractivity (Wildman–Crippen MR) is 37.8 cm³/mol. The van der Waals surface area contributed by atoms with Crippen LogP contribution in [0.25, 0.3) is 0 Å². The lowest BCUT2D eigenvalue weighted by Gasteiger charge is -2.02. The summed E-state index contributed by atoms with van der Waals surface area (Å²) in [5, 5.41) is 2.73. The van der Waals surface area contributed by atoms with Gasteiger partial charge in [0.25, 0.3) is 0 Å². The van der Waals surface area contributed by atoms with E-state index in [1.165, 1.54) is 0 Å². The zero-order valence-corrected chi connectivity index (χ0v) is 6.22. The van der Waals surface area contributed by atoms with Crippen molar-refractivity contribution in [1.29, 1.82) is 0 Å². The van der Waals surface area contributed by atoms with Gasteiger partial charge < -0.3 is 10.1 Å². The highest BCUT2D eigenvalue weighted by Gasteiger charge is 2.23. The molecule has 1 fully saturated rings. The second-order valence-electron chi connectivity index (χ2n) is 2.55. The van der Waals surface area contributed by atoms with E-state index in [1.807, 2.05) is 6.92 Å². The Hall–Kier alpha value is -0.730. The van der Waals surface area contributed by atoms with Gasteiger partial charge in [0.2, 0.25) is 0 Å². The van der Waals surface area contributed by atoms with E-state index in [4.69, 9.17) is 4.74 Å². The first-order valence-electron chi connectivity index (χ1n) is 3.76. The number of hydrogen-bond acceptors (Lipinski definition) is 2. The van der Waals surface area contributed by atoms with Gasteiger partial charge in [-0.15, -0.1) is 0 Å². The largest absolute Gasteiger partial charge is 0.450 e. The first-order chi connectivity index (χ1) is 4.83. The van der Waals surface area contributed by atoms with Gasteiger partial charge in [0.15, 0.2) is 0 Å². The summed E-state index contributed by atoms with van der Waals surface area (Å²) in [6.07, 6.45) is 2.85. The van der Waals surface area contributed by atoms with Crippen molar-refractivity contribution < 1.29 is 9.53 Å². The van der Waals surface area contributed by atoms with Crippen LogP contribution in [0.2, 0.25) is 0 Å². The highest BCUT2D eigenvalue weighted by molar-refractivity contribution is 5.67. The molecule has 0 spiro atoms. The zero-order chi connectivity index (χ0) is 7.40. The Morgan fingerprint density at radius 2 is 2.40 bits per heavy atom. The Kier molecular flexibility index (Phi) is 2.54. The number of carbonyl (C=O) groups excluding carboxylic acids is 1. The van der Waals surface area contributed by atoms with Crippen LogP contribution in [0.5, 0.6) is 0 Å². The third-order valence-electron chi connectivity index (χ3n) is 1.34. The first-order valence-corrected chi connectivity index (χ1v) is 3.76. The normalized spacial score (nSPS) is 16.5. The maximum atomic E-state index is 10.7. The minimum Gasteiger partial charge on any atom is -0.450 e. The minimum absolute atomic E-state index is 0.260. The van der Waals surface area contributed by atoms with Crippen molar-refractivity contribution in [3.8, 4) is 0 Å². The molecule has 0 aromatic heterocycles. The van der Waals surface area contributed by atoms with Crippen molar-refractivity contribution in [2.24, 2.45) is 0 Å². The molecule has 1 rings (SSSR count). The lowest BCUT2D eigenvalue weighted by Crippen LogP contribution is -2.26. The second-order valence-corrected chi connectivity index (χ2v) is 2.55. The molecular weight excluding hydrogens is 130 g/mol. The summed E-state index contributed by atoms with van der Waals surface area (Å²) < 4.78 is 4.79. The van der Waals surface area contributed by atoms with Gasteiger partial charge in [0.1, 0.15) is 0 Å². The van der Waals surface area contributed by atoms with Gasteiger partial charge in [-0.05, 0) is 19.3 Å². The average molecular weight is 143 g/mol. The SMILES string of the molecule is CCCOC(=O)NC1CC1. The number of ether oxygens (including phenoxy) is 1. The summed E-state index contributed by atoms with van der Waals surface area (Å²) in [5.41, 5.74) is 0. The highest BCUT2D eigenvalue weighted by Crippen LogP contribution is 2.18. The van der Waals surface area contributed by atoms with Gasteiger partial charge in [0, 0.05) is 6.04 Å². The van der Waals surface area contributed by atoms with E-state index < -0.39 is 0 Å². The second kappa shape index (κ2) is 3.44. The Morgan fingerprint density at radius 3 is 2.90 bits per heavy atom. The van der Waals surface area contributed by atoms with Crippen molar-refractivity contribution in [2.75, 3.05) is 6.61 Å². The molecule has 0 heterocycles. The number of amides is 1. The van der Waals surface area contributed by atoms with E-state index in [-0.39, 0.29) is 6.09 Å². The minimum atomic E-state index is -0.260. The number of rotatable bonds is 3. The highest BCUT2D eigenvalue weighted by atomic mass is 16.5. The van der Waals surface area contributed by atoms with Crippen molar-refractivity contribution in [2.45, 2.75) is 32.2 Å². The molecular formula is C7H13NO2. The molecule has 1 aliphatic carbocycles. The third kappa shape index (κ3) is 2.71. The molecule has 1 amide bonds. The van der Waals surface area contributed by atoms with Crippen LogP contribution in [-0.2, 0) is 4.74 Å². The van der Waals surface area contributed by atoms with Gasteiger partial charge >= 0.3 is 6.09 Å². The van der Waals surface area contributed by atoms with Crippen LogP contribution in [-0.4, -0.2) is 18.7 Å². The van der Waals surface area contributed by atoms with E-state index in [9.17, 15) is 4.79 Å². The fourth-order valence-electron chi connectivity index (χ4n) is 0.631. The smallest absolute Gasteiger partial charge is 0.407 e. The van der Waals surface area contributed by atoms with E-state index in [2.05, 4.69) is 5.32 Å². The van der Waals surface area contributed by atoms with Crippen molar-refractivity contribution in [3.05, 3.63) is 0 Å². The number of hydrogen-bond donors (Lipinski definition) is 1. The van der Waals surface area contributed by atoms with Crippen LogP contribution < -0.4 is 5.32 Å². The number of alkyl carbamates (subject to hydrolysis) is 1. The van der Waals surface area contributed by atoms with E-state index in [0.717, 1.165) is 19.3 Å². The average Bonchev–Trinajstić information content (AvgIpc) is 2.67. The molecule has 0 atom stereocenters. The van der Waals surface area contributed by atoms with E-state index in [1.54, 1.807) is 0 Å². The van der Waals surface area contributed by atoms with Crippen molar-refractivity contribution >= 4 is 6.09 Å². The molecule has 0 saturated heterocycles. The van der Waals surface area contributed by atoms with Crippen molar-refractivity contribution in [3.63, 3.8) is 0 Å². The summed E-state index contributed by atoms with van der Waals surface area (Å²) in [6, 6.07) is 0.407. The van der Waals surface area contributed by atoms with Crippen LogP contribution in [0, 0.1) is 0 Å². The molecule has 3 nitrogen and oxygen atoms in total. The standard InChI is InChI=1S/C7H13NO2/c1-2-5-10-7(9)8-6-3-4-6/h6H,2-5H2,1H3,(H,8,9). The van der Waals surface area contributed by atoms with Crippen LogP contribution in [0.15, 0.2) is 0 Å². The summed E-state index contributed by atoms with van der Waals surface area (Å²) in [7, 11) is 0. The zero-order valence-electron chi connectivity index (χ0n) is 6.22. The molecule has 3 heteroatoms. The van der Waals surface area contributed by atoms with Crippen LogP contribution in [0.4, 0.5) is 4.79 Å². The monoisotopic (exact) mass is 143 g/mol. The topological polar surface area (TPSA) is 38.3 Å². The van der Waals surface area contributed by atoms with Crippen LogP contribution in [0.3, 0.4) is 0 Å². The molecule has 0 aromatic carbocycles. The van der Waals surface area contributed by atoms with Gasteiger partial charge in [0.05, 0.1) is 6.61 Å². The molecule has 1 aliphatic rings. The molecule has 58 valence electrons. The Bertz CT molecular complexity index is 121. The summed E-state index contributed by atoms with van der Waals surface area (Å²) in [6.45, 7) is 2.50. The lowest BCUT2D eigenvalue weighted by atomic mass is 10.5. The van der Waals surface area contributed by atoms with Crippen molar-refractivity contribution in [1.82, 2.24) is 5.32 Å². The maximum Gasteiger partial charge on any atom is 0.407 e. The van der Waals surface area contributed by atoms with E-state index >= 15 is 0 Å². The molecule has 0 radical (unpaired) electrons. The van der Waals surface area contributed by atoms with Gasteiger partial charge in [-0.1, -0.05) is 6.92 Å². The number of nitrogens with one attached hydrogen (secondary N) is 1. The number of carbonyl (C=O) groups is 1. The fraction of sp³-hybridized carbons (Fsp3) is 0.857. The van der Waals surface area contributed by atoms with Gasteiger partial charge in [-0.25, -0.2) is 4.79 Å². The van der Waals surface area contributed by atoms with Crippen LogP contribution in [0.1, 0.15) is 26.2 Å². The first kappa shape index (κ1) is 7.38. The molecule has 0 unspecified atom stereocenters. The fourth-order valence-corrected chi connectivity index (χ4v) is 0.631. The molecule has 1 saturated carbocycles. The van der Waals surface area contributed by atoms with Crippen LogP contribution >= 0.6 is 0 Å². The molecule has 10 heavy (non-hydrogen) atoms.